The third kappa shape index (κ3) is 1.78. The summed E-state index contributed by atoms with van der Waals surface area (Å²) in [6.45, 7) is 6.20. The minimum Gasteiger partial charge on any atom is -0.339 e. The Morgan fingerprint density at radius 3 is 1.79 bits per heavy atom. The van der Waals surface area contributed by atoms with Crippen LogP contribution in [0, 0.1) is 0 Å². The number of hydrogen-bond donors (Lipinski definition) is 0. The second-order valence-corrected chi connectivity index (χ2v) is 5.46. The van der Waals surface area contributed by atoms with Crippen LogP contribution in [0.5, 0.6) is 0 Å². The second-order valence-electron chi connectivity index (χ2n) is 5.46. The van der Waals surface area contributed by atoms with Gasteiger partial charge in [0.25, 0.3) is 0 Å². The average molecular weight is 198 g/mol. The van der Waals surface area contributed by atoms with E-state index in [2.05, 4.69) is 25.7 Å². The molecule has 0 spiro atoms. The highest BCUT2D eigenvalue weighted by molar-refractivity contribution is 5.89. The van der Waals surface area contributed by atoms with Crippen molar-refractivity contribution in [3.8, 4) is 0 Å². The number of likely N-dealkylation sites (N-methyl/N-ethyl adjacent to an activating group) is 2. The summed E-state index contributed by atoms with van der Waals surface area (Å²) in [7, 11) is 5.87. The molecule has 0 aromatic carbocycles. The molecule has 1 aliphatic rings. The zero-order chi connectivity index (χ0) is 11.1. The number of carbonyl (C=O) groups is 1. The maximum Gasteiger partial charge on any atom is 0.243 e. The Hall–Kier alpha value is -0.570. The second kappa shape index (κ2) is 3.23. The molecule has 14 heavy (non-hydrogen) atoms. The van der Waals surface area contributed by atoms with E-state index in [1.807, 2.05) is 26.0 Å². The lowest BCUT2D eigenvalue weighted by atomic mass is 10.0. The molecular weight excluding hydrogens is 176 g/mol. The molecule has 0 bridgehead atoms. The molecule has 0 atom stereocenters. The molecule has 1 amide bonds. The lowest BCUT2D eigenvalue weighted by Crippen LogP contribution is -2.52. The summed E-state index contributed by atoms with van der Waals surface area (Å²) in [5, 5.41) is 0. The summed E-state index contributed by atoms with van der Waals surface area (Å²) in [5.41, 5.74) is -0.273. The topological polar surface area (TPSA) is 23.6 Å². The monoisotopic (exact) mass is 198 g/mol. The lowest BCUT2D eigenvalue weighted by Gasteiger charge is -2.37. The van der Waals surface area contributed by atoms with E-state index < -0.39 is 0 Å². The quantitative estimate of drug-likeness (QED) is 0.668. The Morgan fingerprint density at radius 2 is 1.57 bits per heavy atom. The summed E-state index contributed by atoms with van der Waals surface area (Å²) >= 11 is 0. The van der Waals surface area contributed by atoms with E-state index in [-0.39, 0.29) is 17.0 Å². The molecule has 0 radical (unpaired) electrons. The number of carbonyl (C=O) groups excluding carboxylic acids is 1. The van der Waals surface area contributed by atoms with Crippen molar-refractivity contribution in [2.24, 2.45) is 0 Å². The van der Waals surface area contributed by atoms with E-state index in [1.54, 1.807) is 0 Å². The third-order valence-corrected chi connectivity index (χ3v) is 3.29. The van der Waals surface area contributed by atoms with Gasteiger partial charge in [0.15, 0.2) is 0 Å². The fourth-order valence-corrected chi connectivity index (χ4v) is 1.59. The Bertz CT molecular complexity index is 236. The van der Waals surface area contributed by atoms with Crippen LogP contribution in [0.3, 0.4) is 0 Å². The fraction of sp³-hybridized carbons (Fsp3) is 0.909. The van der Waals surface area contributed by atoms with Crippen LogP contribution in [0.25, 0.3) is 0 Å². The van der Waals surface area contributed by atoms with Crippen LogP contribution in [0.2, 0.25) is 0 Å². The SMILES string of the molecule is CN(C(=O)C1(N(C)C)CC1)C(C)(C)C. The molecule has 0 heterocycles. The first kappa shape index (κ1) is 11.5. The molecule has 0 aromatic rings. The van der Waals surface area contributed by atoms with Gasteiger partial charge in [0, 0.05) is 12.6 Å². The number of rotatable bonds is 2. The molecule has 82 valence electrons. The molecule has 3 nitrogen and oxygen atoms in total. The van der Waals surface area contributed by atoms with Crippen LogP contribution in [-0.4, -0.2) is 47.9 Å². The molecule has 0 unspecified atom stereocenters. The largest absolute Gasteiger partial charge is 0.339 e. The Balaban J connectivity index is 2.76. The van der Waals surface area contributed by atoms with E-state index in [9.17, 15) is 4.79 Å². The minimum absolute atomic E-state index is 0.0807. The molecule has 3 heteroatoms. The Kier molecular flexibility index (Phi) is 2.65. The van der Waals surface area contributed by atoms with E-state index >= 15 is 0 Å². The van der Waals surface area contributed by atoms with Crippen LogP contribution < -0.4 is 0 Å². The van der Waals surface area contributed by atoms with Gasteiger partial charge in [0.1, 0.15) is 5.54 Å². The molecule has 0 aliphatic heterocycles. The Labute approximate surface area is 87.1 Å². The number of hydrogen-bond acceptors (Lipinski definition) is 2. The highest BCUT2D eigenvalue weighted by Crippen LogP contribution is 2.42. The highest BCUT2D eigenvalue weighted by Gasteiger charge is 2.54. The van der Waals surface area contributed by atoms with Crippen molar-refractivity contribution in [1.29, 1.82) is 0 Å². The molecule has 1 saturated carbocycles. The van der Waals surface area contributed by atoms with Crippen molar-refractivity contribution in [1.82, 2.24) is 9.80 Å². The normalized spacial score (nSPS) is 19.6. The first-order valence-corrected chi connectivity index (χ1v) is 5.17. The molecule has 0 aromatic heterocycles. The van der Waals surface area contributed by atoms with Crippen molar-refractivity contribution in [3.05, 3.63) is 0 Å². The van der Waals surface area contributed by atoms with E-state index in [0.29, 0.717) is 0 Å². The van der Waals surface area contributed by atoms with Crippen LogP contribution in [-0.2, 0) is 4.79 Å². The molecule has 0 N–H and O–H groups in total. The van der Waals surface area contributed by atoms with Crippen molar-refractivity contribution in [2.45, 2.75) is 44.7 Å². The van der Waals surface area contributed by atoms with Crippen LogP contribution in [0.4, 0.5) is 0 Å². The molecule has 1 rings (SSSR count). The van der Waals surface area contributed by atoms with Gasteiger partial charge in [-0.3, -0.25) is 9.69 Å². The fourth-order valence-electron chi connectivity index (χ4n) is 1.59. The summed E-state index contributed by atoms with van der Waals surface area (Å²) in [4.78, 5) is 16.1. The first-order chi connectivity index (χ1) is 6.22. The van der Waals surface area contributed by atoms with Crippen molar-refractivity contribution >= 4 is 5.91 Å². The van der Waals surface area contributed by atoms with Gasteiger partial charge in [-0.2, -0.15) is 0 Å². The van der Waals surface area contributed by atoms with Gasteiger partial charge in [-0.1, -0.05) is 0 Å². The molecule has 1 aliphatic carbocycles. The predicted molar refractivity (Wildman–Crippen MR) is 58.2 cm³/mol. The van der Waals surface area contributed by atoms with Crippen molar-refractivity contribution < 1.29 is 4.79 Å². The standard InChI is InChI=1S/C11H22N2O/c1-10(2,3)13(6)9(14)11(7-8-11)12(4)5/h7-8H2,1-6H3. The lowest BCUT2D eigenvalue weighted by molar-refractivity contribution is -0.140. The zero-order valence-corrected chi connectivity index (χ0v) is 10.2. The molecule has 0 saturated heterocycles. The predicted octanol–water partition coefficient (Wildman–Crippen LogP) is 1.34. The summed E-state index contributed by atoms with van der Waals surface area (Å²) in [6, 6.07) is 0. The average Bonchev–Trinajstić information content (AvgIpc) is 2.79. The first-order valence-electron chi connectivity index (χ1n) is 5.17. The van der Waals surface area contributed by atoms with Crippen LogP contribution in [0.15, 0.2) is 0 Å². The van der Waals surface area contributed by atoms with Crippen LogP contribution in [0.1, 0.15) is 33.6 Å². The maximum absolute atomic E-state index is 12.2. The van der Waals surface area contributed by atoms with Gasteiger partial charge >= 0.3 is 0 Å². The Morgan fingerprint density at radius 1 is 1.14 bits per heavy atom. The van der Waals surface area contributed by atoms with Crippen molar-refractivity contribution in [2.75, 3.05) is 21.1 Å². The van der Waals surface area contributed by atoms with Gasteiger partial charge in [-0.25, -0.2) is 0 Å². The highest BCUT2D eigenvalue weighted by atomic mass is 16.2. The van der Waals surface area contributed by atoms with Gasteiger partial charge in [0.2, 0.25) is 5.91 Å². The summed E-state index contributed by atoms with van der Waals surface area (Å²) in [6.07, 6.45) is 2.00. The number of nitrogens with zero attached hydrogens (tertiary/aromatic N) is 2. The summed E-state index contributed by atoms with van der Waals surface area (Å²) < 4.78 is 0. The summed E-state index contributed by atoms with van der Waals surface area (Å²) in [5.74, 6) is 0.259. The van der Waals surface area contributed by atoms with Crippen molar-refractivity contribution in [3.63, 3.8) is 0 Å². The third-order valence-electron chi connectivity index (χ3n) is 3.29. The van der Waals surface area contributed by atoms with Gasteiger partial charge < -0.3 is 4.90 Å². The van der Waals surface area contributed by atoms with E-state index in [4.69, 9.17) is 0 Å². The molecule has 1 fully saturated rings. The van der Waals surface area contributed by atoms with E-state index in [0.717, 1.165) is 12.8 Å². The van der Waals surface area contributed by atoms with Gasteiger partial charge in [-0.05, 0) is 47.7 Å². The number of amides is 1. The zero-order valence-electron chi connectivity index (χ0n) is 10.2. The maximum atomic E-state index is 12.2. The molecular formula is C11H22N2O. The van der Waals surface area contributed by atoms with Crippen LogP contribution >= 0.6 is 0 Å². The van der Waals surface area contributed by atoms with E-state index in [1.165, 1.54) is 0 Å². The van der Waals surface area contributed by atoms with Gasteiger partial charge in [-0.15, -0.1) is 0 Å². The minimum atomic E-state index is -0.192. The van der Waals surface area contributed by atoms with Gasteiger partial charge in [0.05, 0.1) is 0 Å². The smallest absolute Gasteiger partial charge is 0.243 e.